The normalized spacial score (nSPS) is 10.1. The summed E-state index contributed by atoms with van der Waals surface area (Å²) in [6, 6.07) is 3.63. The van der Waals surface area contributed by atoms with Crippen LogP contribution in [-0.4, -0.2) is 15.7 Å². The Morgan fingerprint density at radius 2 is 2.28 bits per heavy atom. The molecule has 0 fully saturated rings. The van der Waals surface area contributed by atoms with Gasteiger partial charge in [0.25, 0.3) is 5.91 Å². The number of nitriles is 1. The van der Waals surface area contributed by atoms with E-state index in [0.717, 1.165) is 0 Å². The van der Waals surface area contributed by atoms with Crippen molar-refractivity contribution in [3.05, 3.63) is 34.9 Å². The van der Waals surface area contributed by atoms with Crippen LogP contribution in [-0.2, 0) is 7.05 Å². The number of hydrogen-bond donors (Lipinski definition) is 1. The van der Waals surface area contributed by atoms with E-state index in [1.165, 1.54) is 10.9 Å². The fourth-order valence-corrected chi connectivity index (χ4v) is 1.70. The lowest BCUT2D eigenvalue weighted by molar-refractivity contribution is 0.102. The van der Waals surface area contributed by atoms with Gasteiger partial charge in [0.1, 0.15) is 29.0 Å². The van der Waals surface area contributed by atoms with Gasteiger partial charge in [-0.3, -0.25) is 9.48 Å². The summed E-state index contributed by atoms with van der Waals surface area (Å²) in [5.41, 5.74) is 0.779. The van der Waals surface area contributed by atoms with Gasteiger partial charge in [0.2, 0.25) is 0 Å². The zero-order valence-corrected chi connectivity index (χ0v) is 10.3. The molecular formula is C12H12N4O2. The number of hydrogen-bond acceptors (Lipinski definition) is 4. The Hall–Kier alpha value is -2.55. The van der Waals surface area contributed by atoms with Crippen LogP contribution in [0, 0.1) is 25.2 Å². The minimum absolute atomic E-state index is 0.315. The first-order chi connectivity index (χ1) is 8.52. The third kappa shape index (κ3) is 1.98. The van der Waals surface area contributed by atoms with Gasteiger partial charge in [0.15, 0.2) is 0 Å². The number of carbonyl (C=O) groups excluding carboxylic acids is 1. The molecule has 0 spiro atoms. The van der Waals surface area contributed by atoms with Crippen LogP contribution in [0.5, 0.6) is 0 Å². The summed E-state index contributed by atoms with van der Waals surface area (Å²) in [4.78, 5) is 12.0. The lowest BCUT2D eigenvalue weighted by atomic mass is 10.2. The van der Waals surface area contributed by atoms with Crippen LogP contribution in [0.4, 0.5) is 5.82 Å². The van der Waals surface area contributed by atoms with Gasteiger partial charge in [-0.25, -0.2) is 0 Å². The molecule has 2 rings (SSSR count). The molecule has 0 saturated carbocycles. The third-order valence-corrected chi connectivity index (χ3v) is 2.58. The molecule has 0 saturated heterocycles. The molecule has 2 aromatic rings. The molecule has 6 nitrogen and oxygen atoms in total. The lowest BCUT2D eigenvalue weighted by Crippen LogP contribution is -2.15. The second-order valence-corrected chi connectivity index (χ2v) is 3.92. The number of anilines is 1. The molecule has 0 radical (unpaired) electrons. The Balaban J connectivity index is 2.30. The highest BCUT2D eigenvalue weighted by atomic mass is 16.3. The molecule has 0 aliphatic rings. The molecule has 92 valence electrons. The zero-order valence-electron chi connectivity index (χ0n) is 10.3. The second kappa shape index (κ2) is 4.37. The average molecular weight is 244 g/mol. The van der Waals surface area contributed by atoms with E-state index in [1.807, 2.05) is 6.07 Å². The Morgan fingerprint density at radius 1 is 1.56 bits per heavy atom. The van der Waals surface area contributed by atoms with E-state index < -0.39 is 0 Å². The van der Waals surface area contributed by atoms with Gasteiger partial charge in [-0.1, -0.05) is 0 Å². The Kier molecular flexibility index (Phi) is 2.90. The monoisotopic (exact) mass is 244 g/mol. The smallest absolute Gasteiger partial charge is 0.260 e. The molecule has 2 heterocycles. The molecule has 1 N–H and O–H groups in total. The van der Waals surface area contributed by atoms with Gasteiger partial charge in [-0.2, -0.15) is 10.4 Å². The van der Waals surface area contributed by atoms with Crippen molar-refractivity contribution in [3.8, 4) is 6.07 Å². The molecular weight excluding hydrogens is 232 g/mol. The maximum Gasteiger partial charge on any atom is 0.260 e. The number of furan rings is 1. The summed E-state index contributed by atoms with van der Waals surface area (Å²) >= 11 is 0. The molecule has 0 aromatic carbocycles. The fraction of sp³-hybridized carbons (Fsp3) is 0.250. The van der Waals surface area contributed by atoms with E-state index in [4.69, 9.17) is 9.68 Å². The molecule has 1 amide bonds. The highest BCUT2D eigenvalue weighted by Crippen LogP contribution is 2.18. The van der Waals surface area contributed by atoms with Gasteiger partial charge in [-0.05, 0) is 19.9 Å². The number of amides is 1. The predicted octanol–water partition coefficient (Wildman–Crippen LogP) is 1.75. The van der Waals surface area contributed by atoms with E-state index in [0.29, 0.717) is 28.5 Å². The van der Waals surface area contributed by atoms with Crippen LogP contribution in [0.3, 0.4) is 0 Å². The van der Waals surface area contributed by atoms with Crippen LogP contribution < -0.4 is 5.32 Å². The summed E-state index contributed by atoms with van der Waals surface area (Å²) in [5, 5.41) is 15.5. The highest BCUT2D eigenvalue weighted by Gasteiger charge is 2.17. The van der Waals surface area contributed by atoms with Gasteiger partial charge in [0.05, 0.1) is 11.8 Å². The number of aryl methyl sites for hydroxylation is 3. The average Bonchev–Trinajstić information content (AvgIpc) is 2.83. The Bertz CT molecular complexity index is 646. The molecule has 18 heavy (non-hydrogen) atoms. The summed E-state index contributed by atoms with van der Waals surface area (Å²) in [6.07, 6.45) is 1.41. The van der Waals surface area contributed by atoms with Crippen LogP contribution in [0.25, 0.3) is 0 Å². The topological polar surface area (TPSA) is 83.9 Å². The van der Waals surface area contributed by atoms with Crippen molar-refractivity contribution in [2.45, 2.75) is 13.8 Å². The number of nitrogens with zero attached hydrogens (tertiary/aromatic N) is 3. The van der Waals surface area contributed by atoms with E-state index in [9.17, 15) is 4.79 Å². The summed E-state index contributed by atoms with van der Waals surface area (Å²) in [5.74, 6) is 1.28. The van der Waals surface area contributed by atoms with Crippen molar-refractivity contribution in [3.63, 3.8) is 0 Å². The van der Waals surface area contributed by atoms with Crippen molar-refractivity contribution in [2.24, 2.45) is 7.05 Å². The molecule has 0 bridgehead atoms. The molecule has 0 atom stereocenters. The van der Waals surface area contributed by atoms with Crippen molar-refractivity contribution in [1.29, 1.82) is 5.26 Å². The summed E-state index contributed by atoms with van der Waals surface area (Å²) in [6.45, 7) is 3.49. The van der Waals surface area contributed by atoms with Gasteiger partial charge < -0.3 is 9.73 Å². The van der Waals surface area contributed by atoms with E-state index in [2.05, 4.69) is 10.4 Å². The van der Waals surface area contributed by atoms with Crippen LogP contribution in [0.2, 0.25) is 0 Å². The number of nitrogens with one attached hydrogen (secondary N) is 1. The quantitative estimate of drug-likeness (QED) is 0.872. The maximum atomic E-state index is 12.0. The minimum atomic E-state index is -0.315. The number of carbonyl (C=O) groups is 1. The Morgan fingerprint density at radius 3 is 2.83 bits per heavy atom. The molecule has 6 heteroatoms. The first-order valence-corrected chi connectivity index (χ1v) is 5.33. The van der Waals surface area contributed by atoms with Gasteiger partial charge >= 0.3 is 0 Å². The highest BCUT2D eigenvalue weighted by molar-refractivity contribution is 6.05. The van der Waals surface area contributed by atoms with Gasteiger partial charge in [-0.15, -0.1) is 0 Å². The maximum absolute atomic E-state index is 12.0. The van der Waals surface area contributed by atoms with E-state index >= 15 is 0 Å². The third-order valence-electron chi connectivity index (χ3n) is 2.58. The standard InChI is InChI=1S/C12H12N4O2/c1-7-4-10(8(2)18-7)12(17)15-11-9(5-13)6-14-16(11)3/h4,6H,1-3H3,(H,15,17). The molecule has 2 aromatic heterocycles. The summed E-state index contributed by atoms with van der Waals surface area (Å²) < 4.78 is 6.74. The van der Waals surface area contributed by atoms with Crippen molar-refractivity contribution < 1.29 is 9.21 Å². The predicted molar refractivity (Wildman–Crippen MR) is 64.1 cm³/mol. The zero-order chi connectivity index (χ0) is 13.3. The fourth-order valence-electron chi connectivity index (χ4n) is 1.70. The lowest BCUT2D eigenvalue weighted by Gasteiger charge is -2.04. The minimum Gasteiger partial charge on any atom is -0.466 e. The van der Waals surface area contributed by atoms with Crippen LogP contribution >= 0.6 is 0 Å². The van der Waals surface area contributed by atoms with E-state index in [-0.39, 0.29) is 5.91 Å². The second-order valence-electron chi connectivity index (χ2n) is 3.92. The van der Waals surface area contributed by atoms with Gasteiger partial charge in [0, 0.05) is 7.05 Å². The van der Waals surface area contributed by atoms with Crippen molar-refractivity contribution in [2.75, 3.05) is 5.32 Å². The Labute approximate surface area is 104 Å². The first-order valence-electron chi connectivity index (χ1n) is 5.33. The van der Waals surface area contributed by atoms with Crippen molar-refractivity contribution >= 4 is 11.7 Å². The SMILES string of the molecule is Cc1cc(C(=O)Nc2c(C#N)cnn2C)c(C)o1. The van der Waals surface area contributed by atoms with Crippen LogP contribution in [0.1, 0.15) is 27.4 Å². The molecule has 0 aliphatic heterocycles. The van der Waals surface area contributed by atoms with Crippen LogP contribution in [0.15, 0.2) is 16.7 Å². The number of aromatic nitrogens is 2. The van der Waals surface area contributed by atoms with E-state index in [1.54, 1.807) is 27.0 Å². The largest absolute Gasteiger partial charge is 0.466 e. The molecule has 0 unspecified atom stereocenters. The van der Waals surface area contributed by atoms with Crippen molar-refractivity contribution in [1.82, 2.24) is 9.78 Å². The number of rotatable bonds is 2. The first kappa shape index (κ1) is 11.9. The summed E-state index contributed by atoms with van der Waals surface area (Å²) in [7, 11) is 1.66. The molecule has 0 aliphatic carbocycles.